The fourth-order valence-electron chi connectivity index (χ4n) is 1.15. The number of carboxylic acids is 1. The quantitative estimate of drug-likeness (QED) is 0.799. The van der Waals surface area contributed by atoms with Crippen molar-refractivity contribution in [3.63, 3.8) is 0 Å². The molecule has 0 saturated carbocycles. The summed E-state index contributed by atoms with van der Waals surface area (Å²) in [5.74, 6) is -1.04. The van der Waals surface area contributed by atoms with E-state index in [2.05, 4.69) is 5.32 Å². The molecule has 0 heterocycles. The van der Waals surface area contributed by atoms with Crippen LogP contribution in [0.4, 0.5) is 10.5 Å². The Balaban J connectivity index is 0.00000289. The molecule has 0 unspecified atom stereocenters. The van der Waals surface area contributed by atoms with Gasteiger partial charge in [0, 0.05) is 5.69 Å². The Labute approximate surface area is 128 Å². The fourth-order valence-corrected chi connectivity index (χ4v) is 1.15. The van der Waals surface area contributed by atoms with Crippen LogP contribution >= 0.6 is 0 Å². The summed E-state index contributed by atoms with van der Waals surface area (Å²) in [5, 5.41) is 11.3. The third kappa shape index (κ3) is 6.05. The van der Waals surface area contributed by atoms with E-state index in [1.807, 2.05) is 0 Å². The van der Waals surface area contributed by atoms with Crippen molar-refractivity contribution < 1.29 is 19.4 Å². The molecule has 0 radical (unpaired) electrons. The topological polar surface area (TPSA) is 75.6 Å². The maximum absolute atomic E-state index is 11.4. The van der Waals surface area contributed by atoms with Gasteiger partial charge in [0.2, 0.25) is 0 Å². The van der Waals surface area contributed by atoms with E-state index in [0.29, 0.717) is 5.69 Å². The third-order valence-electron chi connectivity index (χ3n) is 1.75. The summed E-state index contributed by atoms with van der Waals surface area (Å²) in [6.07, 6.45) is -0.611. The molecule has 1 aromatic rings. The van der Waals surface area contributed by atoms with E-state index in [9.17, 15) is 9.59 Å². The Morgan fingerprint density at radius 1 is 1.28 bits per heavy atom. The van der Waals surface area contributed by atoms with Crippen molar-refractivity contribution >= 4 is 47.3 Å². The predicted molar refractivity (Wildman–Crippen MR) is 70.4 cm³/mol. The van der Waals surface area contributed by atoms with Gasteiger partial charge in [-0.05, 0) is 39.0 Å². The number of carboxylic acid groups (broad SMARTS) is 1. The Morgan fingerprint density at radius 3 is 2.39 bits per heavy atom. The number of aromatic carboxylic acids is 1. The zero-order valence-electron chi connectivity index (χ0n) is 9.98. The molecule has 1 aromatic carbocycles. The summed E-state index contributed by atoms with van der Waals surface area (Å²) >= 11 is 0. The van der Waals surface area contributed by atoms with Crippen molar-refractivity contribution in [3.05, 3.63) is 29.8 Å². The maximum atomic E-state index is 11.4. The van der Waals surface area contributed by atoms with Gasteiger partial charge in [0.05, 0.1) is 5.56 Å². The first-order chi connectivity index (χ1) is 7.78. The van der Waals surface area contributed by atoms with Crippen molar-refractivity contribution in [2.24, 2.45) is 0 Å². The molecule has 18 heavy (non-hydrogen) atoms. The van der Waals surface area contributed by atoms with Gasteiger partial charge < -0.3 is 9.84 Å². The zero-order valence-corrected chi connectivity index (χ0v) is 9.98. The van der Waals surface area contributed by atoms with Gasteiger partial charge in [-0.2, -0.15) is 0 Å². The molecule has 0 aromatic heterocycles. The molecule has 1 amide bonds. The number of carbonyl (C=O) groups excluding carboxylic acids is 1. The summed E-state index contributed by atoms with van der Waals surface area (Å²) in [6, 6.07) is 5.96. The Bertz CT molecular complexity index is 440. The van der Waals surface area contributed by atoms with Gasteiger partial charge >= 0.3 is 41.6 Å². The molecule has 0 saturated heterocycles. The molecule has 1 rings (SSSR count). The molecule has 0 bridgehead atoms. The van der Waals surface area contributed by atoms with Gasteiger partial charge in [-0.3, -0.25) is 5.32 Å². The van der Waals surface area contributed by atoms with Gasteiger partial charge in [0.25, 0.3) is 0 Å². The first kappa shape index (κ1) is 17.0. The first-order valence-electron chi connectivity index (χ1n) is 5.11. The molecule has 0 aliphatic rings. The van der Waals surface area contributed by atoms with Gasteiger partial charge in [-0.1, -0.05) is 6.07 Å². The monoisotopic (exact) mass is 261 g/mol. The van der Waals surface area contributed by atoms with Crippen LogP contribution in [-0.4, -0.2) is 52.3 Å². The van der Waals surface area contributed by atoms with Crippen molar-refractivity contribution in [3.8, 4) is 0 Å². The van der Waals surface area contributed by atoms with E-state index in [1.54, 1.807) is 32.9 Å². The van der Waals surface area contributed by atoms with E-state index < -0.39 is 17.7 Å². The van der Waals surface area contributed by atoms with E-state index in [4.69, 9.17) is 9.84 Å². The molecular weight excluding hydrogens is 245 g/mol. The van der Waals surface area contributed by atoms with Gasteiger partial charge in [-0.15, -0.1) is 0 Å². The van der Waals surface area contributed by atoms with Gasteiger partial charge in [0.1, 0.15) is 5.60 Å². The number of anilines is 1. The number of ether oxygens (including phenoxy) is 1. The average Bonchev–Trinajstić information content (AvgIpc) is 2.14. The van der Waals surface area contributed by atoms with Crippen LogP contribution in [0.1, 0.15) is 31.1 Å². The average molecular weight is 261 g/mol. The molecule has 0 aliphatic carbocycles. The summed E-state index contributed by atoms with van der Waals surface area (Å²) in [6.45, 7) is 5.25. The number of hydrogen-bond donors (Lipinski definition) is 2. The second kappa shape index (κ2) is 6.78. The minimum atomic E-state index is -1.04. The molecule has 6 heteroatoms. The van der Waals surface area contributed by atoms with Gasteiger partial charge in [-0.25, -0.2) is 9.59 Å². The summed E-state index contributed by atoms with van der Waals surface area (Å²) in [4.78, 5) is 22.2. The SMILES string of the molecule is CC(C)(C)OC(=O)Nc1cccc(C(=O)O)c1.[NaH]. The van der Waals surface area contributed by atoms with Crippen molar-refractivity contribution in [2.75, 3.05) is 5.32 Å². The summed E-state index contributed by atoms with van der Waals surface area (Å²) < 4.78 is 5.04. The second-order valence-electron chi connectivity index (χ2n) is 4.51. The molecular formula is C12H16NNaO4. The van der Waals surface area contributed by atoms with Crippen LogP contribution < -0.4 is 5.32 Å². The molecule has 0 spiro atoms. The van der Waals surface area contributed by atoms with Crippen LogP contribution in [0.3, 0.4) is 0 Å². The Morgan fingerprint density at radius 2 is 1.89 bits per heavy atom. The number of rotatable bonds is 2. The molecule has 0 fully saturated rings. The zero-order chi connectivity index (χ0) is 13.1. The Kier molecular flexibility index (Phi) is 6.38. The van der Waals surface area contributed by atoms with Crippen LogP contribution in [0, 0.1) is 0 Å². The number of nitrogens with one attached hydrogen (secondary N) is 1. The molecule has 0 atom stereocenters. The Hall–Kier alpha value is -1.04. The van der Waals surface area contributed by atoms with Crippen LogP contribution in [0.5, 0.6) is 0 Å². The molecule has 94 valence electrons. The number of carbonyl (C=O) groups is 2. The van der Waals surface area contributed by atoms with E-state index in [0.717, 1.165) is 0 Å². The van der Waals surface area contributed by atoms with E-state index >= 15 is 0 Å². The molecule has 2 N–H and O–H groups in total. The summed E-state index contributed by atoms with van der Waals surface area (Å²) in [7, 11) is 0. The second-order valence-corrected chi connectivity index (χ2v) is 4.51. The van der Waals surface area contributed by atoms with Crippen molar-refractivity contribution in [1.29, 1.82) is 0 Å². The van der Waals surface area contributed by atoms with Crippen molar-refractivity contribution in [1.82, 2.24) is 0 Å². The third-order valence-corrected chi connectivity index (χ3v) is 1.75. The number of amides is 1. The van der Waals surface area contributed by atoms with Crippen LogP contribution in [0.15, 0.2) is 24.3 Å². The summed E-state index contributed by atoms with van der Waals surface area (Å²) in [5.41, 5.74) is -0.0909. The molecule has 0 aliphatic heterocycles. The fraction of sp³-hybridized carbons (Fsp3) is 0.333. The normalized spacial score (nSPS) is 10.2. The van der Waals surface area contributed by atoms with Crippen molar-refractivity contribution in [2.45, 2.75) is 26.4 Å². The number of hydrogen-bond acceptors (Lipinski definition) is 3. The molecule has 5 nitrogen and oxygen atoms in total. The number of benzene rings is 1. The van der Waals surface area contributed by atoms with Gasteiger partial charge in [0.15, 0.2) is 0 Å². The van der Waals surface area contributed by atoms with Crippen LogP contribution in [0.2, 0.25) is 0 Å². The minimum absolute atomic E-state index is 0. The van der Waals surface area contributed by atoms with Crippen LogP contribution in [0.25, 0.3) is 0 Å². The predicted octanol–water partition coefficient (Wildman–Crippen LogP) is 2.08. The standard InChI is InChI=1S/C12H15NO4.Na.H/c1-12(2,3)17-11(16)13-9-6-4-5-8(7-9)10(14)15;;/h4-7H,1-3H3,(H,13,16)(H,14,15);;. The van der Waals surface area contributed by atoms with E-state index in [-0.39, 0.29) is 35.1 Å². The first-order valence-corrected chi connectivity index (χ1v) is 5.11. The van der Waals surface area contributed by atoms with Crippen LogP contribution in [-0.2, 0) is 4.74 Å². The van der Waals surface area contributed by atoms with E-state index in [1.165, 1.54) is 12.1 Å².